The van der Waals surface area contributed by atoms with Gasteiger partial charge in [0.1, 0.15) is 11.9 Å². The van der Waals surface area contributed by atoms with Gasteiger partial charge >= 0.3 is 0 Å². The smallest absolute Gasteiger partial charge is 0.238 e. The predicted octanol–water partition coefficient (Wildman–Crippen LogP) is 2.29. The summed E-state index contributed by atoms with van der Waals surface area (Å²) in [7, 11) is 0. The molecular weight excluding hydrogens is 216 g/mol. The number of aryl methyl sites for hydroxylation is 3. The average Bonchev–Trinajstić information content (AvgIpc) is 2.73. The minimum Gasteiger partial charge on any atom is -0.437 e. The molecule has 0 fully saturated rings. The molecule has 0 unspecified atom stereocenters. The summed E-state index contributed by atoms with van der Waals surface area (Å²) in [6.45, 7) is 6.67. The minimum absolute atomic E-state index is 0.624. The normalized spacial score (nSPS) is 10.5. The van der Waals surface area contributed by atoms with E-state index in [-0.39, 0.29) is 0 Å². The van der Waals surface area contributed by atoms with Crippen molar-refractivity contribution in [2.24, 2.45) is 0 Å². The van der Waals surface area contributed by atoms with Gasteiger partial charge in [0.25, 0.3) is 0 Å². The van der Waals surface area contributed by atoms with Gasteiger partial charge in [0, 0.05) is 18.3 Å². The topological polar surface area (TPSA) is 66.0 Å². The molecule has 0 aliphatic heterocycles. The first-order valence-electron chi connectivity index (χ1n) is 5.55. The summed E-state index contributed by atoms with van der Waals surface area (Å²) in [5.41, 5.74) is 8.69. The number of nitrogens with two attached hydrogens (primary N) is 1. The van der Waals surface area contributed by atoms with Crippen LogP contribution < -0.4 is 10.5 Å². The number of anilines is 1. The van der Waals surface area contributed by atoms with Crippen molar-refractivity contribution in [2.75, 3.05) is 5.73 Å². The van der Waals surface area contributed by atoms with Crippen LogP contribution in [0.3, 0.4) is 0 Å². The Labute approximate surface area is 100 Å². The molecule has 2 aromatic rings. The molecule has 5 nitrogen and oxygen atoms in total. The number of hydrogen-bond donors (Lipinski definition) is 1. The van der Waals surface area contributed by atoms with Crippen molar-refractivity contribution in [1.29, 1.82) is 0 Å². The van der Waals surface area contributed by atoms with E-state index in [1.807, 2.05) is 32.9 Å². The fourth-order valence-corrected chi connectivity index (χ4v) is 1.62. The van der Waals surface area contributed by atoms with E-state index in [0.717, 1.165) is 29.1 Å². The zero-order chi connectivity index (χ0) is 12.4. The van der Waals surface area contributed by atoms with E-state index in [1.165, 1.54) is 0 Å². The molecule has 5 heteroatoms. The highest BCUT2D eigenvalue weighted by Gasteiger charge is 2.08. The Bertz CT molecular complexity index is 533. The van der Waals surface area contributed by atoms with Crippen LogP contribution in [-0.4, -0.2) is 15.0 Å². The van der Waals surface area contributed by atoms with E-state index in [0.29, 0.717) is 5.88 Å². The lowest BCUT2D eigenvalue weighted by molar-refractivity contribution is 0.413. The molecule has 2 rings (SSSR count). The minimum atomic E-state index is 0.624. The van der Waals surface area contributed by atoms with Gasteiger partial charge in [-0.25, -0.2) is 4.68 Å². The molecule has 90 valence electrons. The Kier molecular flexibility index (Phi) is 2.99. The summed E-state index contributed by atoms with van der Waals surface area (Å²) < 4.78 is 7.45. The lowest BCUT2D eigenvalue weighted by atomic mass is 10.1. The lowest BCUT2D eigenvalue weighted by Crippen LogP contribution is -2.01. The van der Waals surface area contributed by atoms with Crippen molar-refractivity contribution in [3.05, 3.63) is 29.5 Å². The highest BCUT2D eigenvalue weighted by atomic mass is 16.5. The molecule has 2 N–H and O–H groups in total. The van der Waals surface area contributed by atoms with Crippen molar-refractivity contribution >= 4 is 5.69 Å². The summed E-state index contributed by atoms with van der Waals surface area (Å²) in [6, 6.07) is 3.84. The molecule has 0 saturated carbocycles. The molecule has 1 aromatic carbocycles. The van der Waals surface area contributed by atoms with E-state index in [1.54, 1.807) is 10.9 Å². The maximum Gasteiger partial charge on any atom is 0.238 e. The Balaban J connectivity index is 2.33. The monoisotopic (exact) mass is 232 g/mol. The zero-order valence-electron chi connectivity index (χ0n) is 10.3. The van der Waals surface area contributed by atoms with Crippen molar-refractivity contribution in [1.82, 2.24) is 15.0 Å². The van der Waals surface area contributed by atoms with Gasteiger partial charge in [-0.1, -0.05) is 11.3 Å². The maximum atomic E-state index is 5.87. The molecule has 0 radical (unpaired) electrons. The third-order valence-electron chi connectivity index (χ3n) is 2.66. The quantitative estimate of drug-likeness (QED) is 0.824. The number of aromatic nitrogens is 3. The fourth-order valence-electron chi connectivity index (χ4n) is 1.62. The van der Waals surface area contributed by atoms with Crippen LogP contribution in [-0.2, 0) is 6.54 Å². The average molecular weight is 232 g/mol. The van der Waals surface area contributed by atoms with Gasteiger partial charge in [0.05, 0.1) is 0 Å². The van der Waals surface area contributed by atoms with Crippen molar-refractivity contribution < 1.29 is 4.74 Å². The fraction of sp³-hybridized carbons (Fsp3) is 0.333. The zero-order valence-corrected chi connectivity index (χ0v) is 10.3. The summed E-state index contributed by atoms with van der Waals surface area (Å²) >= 11 is 0. The van der Waals surface area contributed by atoms with Gasteiger partial charge in [0.15, 0.2) is 0 Å². The van der Waals surface area contributed by atoms with Crippen LogP contribution in [0.2, 0.25) is 0 Å². The van der Waals surface area contributed by atoms with E-state index < -0.39 is 0 Å². The number of hydrogen-bond acceptors (Lipinski definition) is 4. The van der Waals surface area contributed by atoms with Gasteiger partial charge in [-0.3, -0.25) is 0 Å². The standard InChI is InChI=1S/C12H16N4O/c1-4-16-12(7-14-15-16)17-11-6-10(13)8(2)5-9(11)3/h5-7H,4,13H2,1-3H3. The molecule has 0 spiro atoms. The Morgan fingerprint density at radius 2 is 2.06 bits per heavy atom. The van der Waals surface area contributed by atoms with Crippen LogP contribution in [0, 0.1) is 13.8 Å². The van der Waals surface area contributed by atoms with Crippen LogP contribution in [0.25, 0.3) is 0 Å². The van der Waals surface area contributed by atoms with E-state index in [4.69, 9.17) is 10.5 Å². The van der Waals surface area contributed by atoms with Crippen LogP contribution in [0.1, 0.15) is 18.1 Å². The van der Waals surface area contributed by atoms with Crippen LogP contribution in [0.15, 0.2) is 18.3 Å². The molecule has 0 aliphatic rings. The molecule has 0 atom stereocenters. The second-order valence-corrected chi connectivity index (χ2v) is 3.96. The second-order valence-electron chi connectivity index (χ2n) is 3.96. The molecule has 1 aromatic heterocycles. The summed E-state index contributed by atoms with van der Waals surface area (Å²) in [6.07, 6.45) is 1.60. The molecule has 0 amide bonds. The van der Waals surface area contributed by atoms with Crippen molar-refractivity contribution in [3.8, 4) is 11.6 Å². The van der Waals surface area contributed by atoms with Crippen LogP contribution in [0.5, 0.6) is 11.6 Å². The third-order valence-corrected chi connectivity index (χ3v) is 2.66. The number of nitrogens with zero attached hydrogens (tertiary/aromatic N) is 3. The van der Waals surface area contributed by atoms with Gasteiger partial charge in [-0.2, -0.15) is 0 Å². The maximum absolute atomic E-state index is 5.87. The first kappa shape index (κ1) is 11.4. The second kappa shape index (κ2) is 4.45. The molecule has 0 aliphatic carbocycles. The van der Waals surface area contributed by atoms with Crippen LogP contribution >= 0.6 is 0 Å². The molecule has 1 heterocycles. The number of nitrogen functional groups attached to an aromatic ring is 1. The Hall–Kier alpha value is -2.04. The van der Waals surface area contributed by atoms with Crippen molar-refractivity contribution in [3.63, 3.8) is 0 Å². The first-order valence-corrected chi connectivity index (χ1v) is 5.55. The van der Waals surface area contributed by atoms with Gasteiger partial charge in [-0.15, -0.1) is 5.10 Å². The van der Waals surface area contributed by atoms with Gasteiger partial charge < -0.3 is 10.5 Å². The molecular formula is C12H16N4O. The van der Waals surface area contributed by atoms with Crippen molar-refractivity contribution in [2.45, 2.75) is 27.3 Å². The summed E-state index contributed by atoms with van der Waals surface area (Å²) in [5.74, 6) is 1.36. The van der Waals surface area contributed by atoms with Gasteiger partial charge in [0.2, 0.25) is 5.88 Å². The largest absolute Gasteiger partial charge is 0.437 e. The van der Waals surface area contributed by atoms with Crippen LogP contribution in [0.4, 0.5) is 5.69 Å². The molecule has 0 saturated heterocycles. The number of rotatable bonds is 3. The highest BCUT2D eigenvalue weighted by molar-refractivity contribution is 5.54. The van der Waals surface area contributed by atoms with E-state index in [9.17, 15) is 0 Å². The SMILES string of the molecule is CCn1nncc1Oc1cc(N)c(C)cc1C. The van der Waals surface area contributed by atoms with E-state index in [2.05, 4.69) is 10.3 Å². The first-order chi connectivity index (χ1) is 8.11. The third kappa shape index (κ3) is 2.22. The van der Waals surface area contributed by atoms with E-state index >= 15 is 0 Å². The lowest BCUT2D eigenvalue weighted by Gasteiger charge is -2.11. The Morgan fingerprint density at radius 1 is 1.29 bits per heavy atom. The Morgan fingerprint density at radius 3 is 2.76 bits per heavy atom. The van der Waals surface area contributed by atoms with Gasteiger partial charge in [-0.05, 0) is 31.9 Å². The predicted molar refractivity (Wildman–Crippen MR) is 66.1 cm³/mol. The highest BCUT2D eigenvalue weighted by Crippen LogP contribution is 2.28. The number of ether oxygens (including phenoxy) is 1. The molecule has 17 heavy (non-hydrogen) atoms. The molecule has 0 bridgehead atoms. The number of benzene rings is 1. The summed E-state index contributed by atoms with van der Waals surface area (Å²) in [5, 5.41) is 7.73. The summed E-state index contributed by atoms with van der Waals surface area (Å²) in [4.78, 5) is 0.